The fraction of sp³-hybridized carbons (Fsp3) is 0.556. The summed E-state index contributed by atoms with van der Waals surface area (Å²) in [5.41, 5.74) is 6.17. The summed E-state index contributed by atoms with van der Waals surface area (Å²) in [5.74, 6) is 0.182. The summed E-state index contributed by atoms with van der Waals surface area (Å²) in [4.78, 5) is 0. The first-order valence-electron chi connectivity index (χ1n) is 4.58. The van der Waals surface area contributed by atoms with Crippen LogP contribution >= 0.6 is 11.6 Å². The van der Waals surface area contributed by atoms with E-state index in [1.807, 2.05) is 13.8 Å². The maximum absolute atomic E-state index is 7.24. The number of aryl methyl sites for hydroxylation is 1. The van der Waals surface area contributed by atoms with Gasteiger partial charge in [-0.05, 0) is 13.3 Å². The van der Waals surface area contributed by atoms with E-state index in [0.717, 1.165) is 12.1 Å². The van der Waals surface area contributed by atoms with Crippen molar-refractivity contribution in [3.8, 4) is 0 Å². The van der Waals surface area contributed by atoms with Gasteiger partial charge >= 0.3 is 0 Å². The van der Waals surface area contributed by atoms with Crippen molar-refractivity contribution in [3.63, 3.8) is 0 Å². The minimum Gasteiger partial charge on any atom is -0.388 e. The Labute approximate surface area is 88.6 Å². The van der Waals surface area contributed by atoms with Gasteiger partial charge in [0.1, 0.15) is 0 Å². The summed E-state index contributed by atoms with van der Waals surface area (Å²) < 4.78 is 1.79. The lowest BCUT2D eigenvalue weighted by Gasteiger charge is -2.14. The lowest BCUT2D eigenvalue weighted by atomic mass is 10.1. The number of nitrogens with two attached hydrogens (primary N) is 1. The molecule has 0 aliphatic rings. The second-order valence-corrected chi connectivity index (χ2v) is 3.74. The molecule has 0 aromatic carbocycles. The van der Waals surface area contributed by atoms with Crippen LogP contribution in [-0.4, -0.2) is 15.6 Å². The zero-order valence-corrected chi connectivity index (χ0v) is 9.17. The molecule has 1 atom stereocenters. The van der Waals surface area contributed by atoms with E-state index in [2.05, 4.69) is 5.10 Å². The third kappa shape index (κ3) is 2.48. The highest BCUT2D eigenvalue weighted by Crippen LogP contribution is 2.20. The summed E-state index contributed by atoms with van der Waals surface area (Å²) in [7, 11) is 0. The van der Waals surface area contributed by atoms with Gasteiger partial charge in [-0.1, -0.05) is 18.5 Å². The molecule has 1 heterocycles. The SMILES string of the molecule is CCC(CC(=N)N)n1cc(Cl)c(C)n1. The number of hydrogen-bond donors (Lipinski definition) is 2. The van der Waals surface area contributed by atoms with Crippen LogP contribution in [0.25, 0.3) is 0 Å². The number of rotatable bonds is 4. The average Bonchev–Trinajstić information content (AvgIpc) is 2.42. The Morgan fingerprint density at radius 3 is 2.79 bits per heavy atom. The van der Waals surface area contributed by atoms with Crippen LogP contribution in [0.5, 0.6) is 0 Å². The number of halogens is 1. The average molecular weight is 215 g/mol. The van der Waals surface area contributed by atoms with Crippen LogP contribution in [-0.2, 0) is 0 Å². The summed E-state index contributed by atoms with van der Waals surface area (Å²) in [5, 5.41) is 12.2. The lowest BCUT2D eigenvalue weighted by Crippen LogP contribution is -2.18. The molecule has 5 heteroatoms. The molecule has 0 bridgehead atoms. The minimum absolute atomic E-state index is 0.138. The highest BCUT2D eigenvalue weighted by molar-refractivity contribution is 6.31. The molecule has 78 valence electrons. The molecule has 0 radical (unpaired) electrons. The maximum atomic E-state index is 7.24. The van der Waals surface area contributed by atoms with Crippen molar-refractivity contribution in [1.82, 2.24) is 9.78 Å². The van der Waals surface area contributed by atoms with Crippen LogP contribution in [0, 0.1) is 12.3 Å². The van der Waals surface area contributed by atoms with Crippen LogP contribution in [0.15, 0.2) is 6.20 Å². The molecule has 1 rings (SSSR count). The van der Waals surface area contributed by atoms with E-state index < -0.39 is 0 Å². The van der Waals surface area contributed by atoms with Crippen molar-refractivity contribution in [2.45, 2.75) is 32.7 Å². The minimum atomic E-state index is 0.138. The van der Waals surface area contributed by atoms with Gasteiger partial charge in [-0.25, -0.2) is 0 Å². The van der Waals surface area contributed by atoms with Crippen molar-refractivity contribution in [3.05, 3.63) is 16.9 Å². The van der Waals surface area contributed by atoms with Crippen LogP contribution in [0.1, 0.15) is 31.5 Å². The Balaban J connectivity index is 2.83. The van der Waals surface area contributed by atoms with E-state index in [4.69, 9.17) is 22.7 Å². The van der Waals surface area contributed by atoms with E-state index in [0.29, 0.717) is 11.4 Å². The van der Waals surface area contributed by atoms with Crippen LogP contribution in [0.3, 0.4) is 0 Å². The van der Waals surface area contributed by atoms with Gasteiger partial charge in [0, 0.05) is 12.6 Å². The topological polar surface area (TPSA) is 67.7 Å². The van der Waals surface area contributed by atoms with E-state index in [-0.39, 0.29) is 11.9 Å². The monoisotopic (exact) mass is 214 g/mol. The van der Waals surface area contributed by atoms with Crippen LogP contribution < -0.4 is 5.73 Å². The number of nitrogens with zero attached hydrogens (tertiary/aromatic N) is 2. The molecule has 0 aliphatic carbocycles. The van der Waals surface area contributed by atoms with Gasteiger partial charge in [-0.15, -0.1) is 0 Å². The number of hydrogen-bond acceptors (Lipinski definition) is 2. The molecule has 1 aromatic heterocycles. The van der Waals surface area contributed by atoms with Crippen molar-refractivity contribution in [2.75, 3.05) is 0 Å². The Kier molecular flexibility index (Phi) is 3.52. The molecule has 0 saturated heterocycles. The molecule has 0 fully saturated rings. The fourth-order valence-electron chi connectivity index (χ4n) is 1.33. The summed E-state index contributed by atoms with van der Waals surface area (Å²) in [6, 6.07) is 0.138. The predicted octanol–water partition coefficient (Wildman–Crippen LogP) is 2.12. The van der Waals surface area contributed by atoms with Crippen LogP contribution in [0.2, 0.25) is 5.02 Å². The van der Waals surface area contributed by atoms with Gasteiger partial charge in [0.25, 0.3) is 0 Å². The molecule has 3 N–H and O–H groups in total. The number of aromatic nitrogens is 2. The molecule has 1 unspecified atom stereocenters. The van der Waals surface area contributed by atoms with Crippen molar-refractivity contribution in [2.24, 2.45) is 5.73 Å². The quantitative estimate of drug-likeness (QED) is 0.596. The summed E-state index contributed by atoms with van der Waals surface area (Å²) in [6.07, 6.45) is 3.19. The third-order valence-corrected chi connectivity index (χ3v) is 2.53. The van der Waals surface area contributed by atoms with Crippen LogP contribution in [0.4, 0.5) is 0 Å². The highest BCUT2D eigenvalue weighted by Gasteiger charge is 2.12. The largest absolute Gasteiger partial charge is 0.388 e. The Hall–Kier alpha value is -1.03. The molecule has 0 aliphatic heterocycles. The Bertz CT molecular complexity index is 312. The summed E-state index contributed by atoms with van der Waals surface area (Å²) >= 11 is 5.90. The van der Waals surface area contributed by atoms with Gasteiger partial charge in [0.15, 0.2) is 0 Å². The van der Waals surface area contributed by atoms with Gasteiger partial charge < -0.3 is 5.73 Å². The molecular formula is C9H15ClN4. The predicted molar refractivity (Wildman–Crippen MR) is 57.8 cm³/mol. The van der Waals surface area contributed by atoms with E-state index >= 15 is 0 Å². The molecule has 0 amide bonds. The molecule has 0 saturated carbocycles. The smallest absolute Gasteiger partial charge is 0.0926 e. The van der Waals surface area contributed by atoms with Gasteiger partial charge in [0.05, 0.1) is 22.6 Å². The molecule has 0 spiro atoms. The van der Waals surface area contributed by atoms with Gasteiger partial charge in [-0.3, -0.25) is 10.1 Å². The van der Waals surface area contributed by atoms with Gasteiger partial charge in [0.2, 0.25) is 0 Å². The number of nitrogens with one attached hydrogen (secondary N) is 1. The van der Waals surface area contributed by atoms with Crippen molar-refractivity contribution in [1.29, 1.82) is 5.41 Å². The first-order valence-corrected chi connectivity index (χ1v) is 4.96. The molecule has 4 nitrogen and oxygen atoms in total. The Morgan fingerprint density at radius 1 is 1.79 bits per heavy atom. The van der Waals surface area contributed by atoms with Gasteiger partial charge in [-0.2, -0.15) is 5.10 Å². The molecular weight excluding hydrogens is 200 g/mol. The van der Waals surface area contributed by atoms with Crippen molar-refractivity contribution < 1.29 is 0 Å². The first kappa shape index (κ1) is 11.0. The first-order chi connectivity index (χ1) is 6.54. The second kappa shape index (κ2) is 4.46. The standard InChI is InChI=1S/C9H15ClN4/c1-3-7(4-9(11)12)14-5-8(10)6(2)13-14/h5,7H,3-4H2,1-2H3,(H3,11,12). The normalized spacial score (nSPS) is 12.8. The van der Waals surface area contributed by atoms with Crippen molar-refractivity contribution >= 4 is 17.4 Å². The fourth-order valence-corrected chi connectivity index (χ4v) is 1.46. The molecule has 14 heavy (non-hydrogen) atoms. The zero-order chi connectivity index (χ0) is 10.7. The Morgan fingerprint density at radius 2 is 2.43 bits per heavy atom. The van der Waals surface area contributed by atoms with E-state index in [9.17, 15) is 0 Å². The summed E-state index contributed by atoms with van der Waals surface area (Å²) in [6.45, 7) is 3.90. The van der Waals surface area contributed by atoms with E-state index in [1.54, 1.807) is 10.9 Å². The maximum Gasteiger partial charge on any atom is 0.0926 e. The lowest BCUT2D eigenvalue weighted by molar-refractivity contribution is 0.450. The molecule has 1 aromatic rings. The number of amidine groups is 1. The van der Waals surface area contributed by atoms with E-state index in [1.165, 1.54) is 0 Å². The zero-order valence-electron chi connectivity index (χ0n) is 8.42. The highest BCUT2D eigenvalue weighted by atomic mass is 35.5. The second-order valence-electron chi connectivity index (χ2n) is 3.33. The third-order valence-electron chi connectivity index (χ3n) is 2.16.